The van der Waals surface area contributed by atoms with Crippen LogP contribution in [0.4, 0.5) is 13.2 Å². The van der Waals surface area contributed by atoms with Gasteiger partial charge in [-0.05, 0) is 0 Å². The molecule has 7 nitrogen and oxygen atoms in total. The van der Waals surface area contributed by atoms with Crippen molar-refractivity contribution < 1.29 is 26.3 Å². The van der Waals surface area contributed by atoms with E-state index in [1.165, 1.54) is 0 Å². The summed E-state index contributed by atoms with van der Waals surface area (Å²) in [6, 6.07) is -0.359. The molecule has 0 saturated heterocycles. The minimum Gasteiger partial charge on any atom is -0.467 e. The molecular formula is C7H4ClF3N4O3S. The molecule has 19 heavy (non-hydrogen) atoms. The number of ether oxygens (including phenoxy) is 1. The number of rotatable bonds is 2. The summed E-state index contributed by atoms with van der Waals surface area (Å²) in [5.74, 6) is 0. The summed E-state index contributed by atoms with van der Waals surface area (Å²) < 4.78 is 65.4. The van der Waals surface area contributed by atoms with Crippen LogP contribution in [0.1, 0.15) is 5.56 Å². The number of hydrogen-bond acceptors (Lipinski definition) is 6. The van der Waals surface area contributed by atoms with E-state index >= 15 is 0 Å². The lowest BCUT2D eigenvalue weighted by molar-refractivity contribution is -0.137. The Morgan fingerprint density at radius 1 is 1.42 bits per heavy atom. The predicted octanol–water partition coefficient (Wildman–Crippen LogP) is 1.08. The number of hydrogen-bond donors (Lipinski definition) is 0. The van der Waals surface area contributed by atoms with Crippen molar-refractivity contribution in [2.75, 3.05) is 7.11 Å². The summed E-state index contributed by atoms with van der Waals surface area (Å²) in [7, 11) is 1.74. The van der Waals surface area contributed by atoms with Crippen molar-refractivity contribution in [3.8, 4) is 6.01 Å². The van der Waals surface area contributed by atoms with Crippen LogP contribution in [0.25, 0.3) is 5.65 Å². The molecule has 0 bridgehead atoms. The largest absolute Gasteiger partial charge is 0.467 e. The molecule has 0 spiro atoms. The van der Waals surface area contributed by atoms with Crippen molar-refractivity contribution in [1.29, 1.82) is 0 Å². The van der Waals surface area contributed by atoms with E-state index in [4.69, 9.17) is 10.7 Å². The molecule has 0 N–H and O–H groups in total. The highest BCUT2D eigenvalue weighted by Gasteiger charge is 2.36. The van der Waals surface area contributed by atoms with E-state index in [2.05, 4.69) is 19.8 Å². The Labute approximate surface area is 108 Å². The highest BCUT2D eigenvalue weighted by molar-refractivity contribution is 8.13. The minimum absolute atomic E-state index is 0.359. The molecule has 0 amide bonds. The first-order valence-corrected chi connectivity index (χ1v) is 6.77. The molecular weight excluding hydrogens is 313 g/mol. The van der Waals surface area contributed by atoms with Crippen LogP contribution >= 0.6 is 10.7 Å². The van der Waals surface area contributed by atoms with Crippen molar-refractivity contribution >= 4 is 25.4 Å². The van der Waals surface area contributed by atoms with Gasteiger partial charge in [-0.2, -0.15) is 22.7 Å². The van der Waals surface area contributed by atoms with E-state index in [0.717, 1.165) is 7.11 Å². The molecule has 2 aromatic rings. The molecule has 0 fully saturated rings. The van der Waals surface area contributed by atoms with Gasteiger partial charge in [0.2, 0.25) is 0 Å². The molecule has 0 unspecified atom stereocenters. The third-order valence-electron chi connectivity index (χ3n) is 2.02. The highest BCUT2D eigenvalue weighted by Crippen LogP contribution is 2.32. The van der Waals surface area contributed by atoms with Crippen molar-refractivity contribution in [2.45, 2.75) is 11.3 Å². The summed E-state index contributed by atoms with van der Waals surface area (Å²) in [6.45, 7) is 0. The van der Waals surface area contributed by atoms with Crippen molar-refractivity contribution in [3.63, 3.8) is 0 Å². The molecule has 0 atom stereocenters. The quantitative estimate of drug-likeness (QED) is 0.771. The number of fused-ring (bicyclic) bond motifs is 1. The van der Waals surface area contributed by atoms with Gasteiger partial charge in [-0.25, -0.2) is 13.4 Å². The Hall–Kier alpha value is -1.62. The van der Waals surface area contributed by atoms with Gasteiger partial charge < -0.3 is 4.74 Å². The van der Waals surface area contributed by atoms with Crippen LogP contribution in [-0.2, 0) is 15.2 Å². The first-order chi connectivity index (χ1) is 8.64. The van der Waals surface area contributed by atoms with Gasteiger partial charge in [0.25, 0.3) is 14.2 Å². The topological polar surface area (TPSA) is 86.5 Å². The Morgan fingerprint density at radius 2 is 2.05 bits per heavy atom. The average Bonchev–Trinajstić information content (AvgIpc) is 2.70. The molecule has 2 heterocycles. The van der Waals surface area contributed by atoms with E-state index in [1.807, 2.05) is 0 Å². The molecule has 0 aliphatic carbocycles. The van der Waals surface area contributed by atoms with Gasteiger partial charge in [0.05, 0.1) is 7.11 Å². The van der Waals surface area contributed by atoms with Crippen LogP contribution < -0.4 is 4.74 Å². The number of nitrogens with zero attached hydrogens (tertiary/aromatic N) is 4. The van der Waals surface area contributed by atoms with Crippen LogP contribution in [0.3, 0.4) is 0 Å². The summed E-state index contributed by atoms with van der Waals surface area (Å²) in [6.07, 6.45) is -4.31. The number of methoxy groups -OCH3 is 1. The molecule has 2 rings (SSSR count). The molecule has 0 saturated carbocycles. The standard InChI is InChI=1S/C7H4ClF3N4O3S/c1-18-6-12-2-3(7(9,10)11)4-13-5(14-15(4)6)19(8,16)17/h2H,1H3. The van der Waals surface area contributed by atoms with Crippen molar-refractivity contribution in [1.82, 2.24) is 19.6 Å². The Bertz CT molecular complexity index is 742. The average molecular weight is 317 g/mol. The predicted molar refractivity (Wildman–Crippen MR) is 55.4 cm³/mol. The van der Waals surface area contributed by atoms with Gasteiger partial charge in [0.15, 0.2) is 5.65 Å². The molecule has 0 aliphatic heterocycles. The maximum absolute atomic E-state index is 12.7. The second-order valence-electron chi connectivity index (χ2n) is 3.22. The highest BCUT2D eigenvalue weighted by atomic mass is 35.7. The van der Waals surface area contributed by atoms with Crippen LogP contribution in [0, 0.1) is 0 Å². The number of alkyl halides is 3. The van der Waals surface area contributed by atoms with Gasteiger partial charge >= 0.3 is 12.2 Å². The van der Waals surface area contributed by atoms with E-state index in [9.17, 15) is 21.6 Å². The van der Waals surface area contributed by atoms with Crippen molar-refractivity contribution in [3.05, 3.63) is 11.8 Å². The van der Waals surface area contributed by atoms with Crippen LogP contribution in [0.15, 0.2) is 11.4 Å². The lowest BCUT2D eigenvalue weighted by Gasteiger charge is -2.08. The van der Waals surface area contributed by atoms with Gasteiger partial charge in [-0.3, -0.25) is 0 Å². The zero-order valence-corrected chi connectivity index (χ0v) is 10.6. The number of aromatic nitrogens is 4. The Morgan fingerprint density at radius 3 is 2.53 bits per heavy atom. The molecule has 0 radical (unpaired) electrons. The molecule has 0 aliphatic rings. The maximum atomic E-state index is 12.7. The zero-order chi connectivity index (χ0) is 14.4. The number of halogens is 4. The molecule has 104 valence electrons. The van der Waals surface area contributed by atoms with Crippen LogP contribution in [0.5, 0.6) is 6.01 Å². The molecule has 0 aromatic carbocycles. The SMILES string of the molecule is COc1ncc(C(F)(F)F)c2nc(S(=O)(=O)Cl)nn12. The second-order valence-corrected chi connectivity index (χ2v) is 5.68. The minimum atomic E-state index is -4.78. The van der Waals surface area contributed by atoms with Crippen molar-refractivity contribution in [2.24, 2.45) is 0 Å². The normalized spacial score (nSPS) is 12.9. The fourth-order valence-corrected chi connectivity index (χ4v) is 1.85. The van der Waals surface area contributed by atoms with Gasteiger partial charge in [0, 0.05) is 16.9 Å². The monoisotopic (exact) mass is 316 g/mol. The maximum Gasteiger partial charge on any atom is 0.421 e. The van der Waals surface area contributed by atoms with E-state index in [0.29, 0.717) is 10.7 Å². The third-order valence-corrected chi connectivity index (χ3v) is 3.04. The smallest absolute Gasteiger partial charge is 0.421 e. The third kappa shape index (κ3) is 2.42. The van der Waals surface area contributed by atoms with E-state index in [1.54, 1.807) is 0 Å². The van der Waals surface area contributed by atoms with Gasteiger partial charge in [-0.1, -0.05) is 0 Å². The fraction of sp³-hybridized carbons (Fsp3) is 0.286. The summed E-state index contributed by atoms with van der Waals surface area (Å²) in [5, 5.41) is 2.36. The van der Waals surface area contributed by atoms with Gasteiger partial charge in [-0.15, -0.1) is 5.10 Å². The Balaban J connectivity index is 2.86. The lowest BCUT2D eigenvalue weighted by Crippen LogP contribution is -2.10. The van der Waals surface area contributed by atoms with E-state index < -0.39 is 31.6 Å². The summed E-state index contributed by atoms with van der Waals surface area (Å²) in [5.41, 5.74) is -2.02. The fourth-order valence-electron chi connectivity index (χ4n) is 1.28. The summed E-state index contributed by atoms with van der Waals surface area (Å²) >= 11 is 0. The Kier molecular flexibility index (Phi) is 3.05. The molecule has 2 aromatic heterocycles. The zero-order valence-electron chi connectivity index (χ0n) is 9.01. The van der Waals surface area contributed by atoms with Crippen LogP contribution in [0.2, 0.25) is 0 Å². The summed E-state index contributed by atoms with van der Waals surface area (Å²) in [4.78, 5) is 6.62. The molecule has 12 heteroatoms. The first-order valence-electron chi connectivity index (χ1n) is 4.46. The second kappa shape index (κ2) is 4.20. The first kappa shape index (κ1) is 13.8. The van der Waals surface area contributed by atoms with Crippen LogP contribution in [-0.4, -0.2) is 35.1 Å². The van der Waals surface area contributed by atoms with Gasteiger partial charge in [0.1, 0.15) is 5.56 Å². The van der Waals surface area contributed by atoms with E-state index in [-0.39, 0.29) is 6.01 Å². The lowest BCUT2D eigenvalue weighted by atomic mass is 10.3.